The molecular formula is C17H17ClN4S. The molecule has 2 aromatic heterocycles. The van der Waals surface area contributed by atoms with E-state index in [4.69, 9.17) is 17.3 Å². The third-order valence-electron chi connectivity index (χ3n) is 3.39. The predicted octanol–water partition coefficient (Wildman–Crippen LogP) is 3.77. The van der Waals surface area contributed by atoms with Crippen molar-refractivity contribution in [3.05, 3.63) is 64.1 Å². The average molecular weight is 345 g/mol. The Morgan fingerprint density at radius 1 is 1.09 bits per heavy atom. The van der Waals surface area contributed by atoms with Gasteiger partial charge in [-0.3, -0.25) is 0 Å². The number of aromatic nitrogens is 2. The number of nitrogens with two attached hydrogens (primary N) is 1. The van der Waals surface area contributed by atoms with Gasteiger partial charge in [0.25, 0.3) is 0 Å². The molecule has 3 rings (SSSR count). The van der Waals surface area contributed by atoms with Gasteiger partial charge in [0.1, 0.15) is 0 Å². The van der Waals surface area contributed by atoms with E-state index in [2.05, 4.69) is 39.6 Å². The van der Waals surface area contributed by atoms with Gasteiger partial charge in [-0.05, 0) is 48.9 Å². The third kappa shape index (κ3) is 4.51. The highest BCUT2D eigenvalue weighted by atomic mass is 35.5. The highest BCUT2D eigenvalue weighted by Gasteiger charge is 2.05. The van der Waals surface area contributed by atoms with Crippen LogP contribution in [0.2, 0.25) is 5.02 Å². The minimum atomic E-state index is 0.304. The highest BCUT2D eigenvalue weighted by Crippen LogP contribution is 2.26. The number of nitrogen functional groups attached to an aromatic ring is 1. The predicted molar refractivity (Wildman–Crippen MR) is 96.6 cm³/mol. The van der Waals surface area contributed by atoms with Crippen molar-refractivity contribution in [3.63, 3.8) is 0 Å². The van der Waals surface area contributed by atoms with Crippen LogP contribution in [0.4, 0.5) is 5.95 Å². The van der Waals surface area contributed by atoms with Gasteiger partial charge in [-0.2, -0.15) is 0 Å². The van der Waals surface area contributed by atoms with Gasteiger partial charge in [0.2, 0.25) is 5.95 Å². The number of rotatable bonds is 6. The van der Waals surface area contributed by atoms with E-state index in [0.29, 0.717) is 5.95 Å². The molecule has 0 aliphatic carbocycles. The Kier molecular flexibility index (Phi) is 5.23. The molecule has 0 unspecified atom stereocenters. The largest absolute Gasteiger partial charge is 0.368 e. The summed E-state index contributed by atoms with van der Waals surface area (Å²) in [6, 6.07) is 14.0. The quantitative estimate of drug-likeness (QED) is 0.668. The van der Waals surface area contributed by atoms with E-state index in [1.54, 1.807) is 17.5 Å². The van der Waals surface area contributed by atoms with Crippen LogP contribution in [0.3, 0.4) is 0 Å². The number of nitrogens with zero attached hydrogens (tertiary/aromatic N) is 2. The second kappa shape index (κ2) is 7.55. The summed E-state index contributed by atoms with van der Waals surface area (Å²) in [5.41, 5.74) is 7.78. The summed E-state index contributed by atoms with van der Waals surface area (Å²) in [4.78, 5) is 10.5. The van der Waals surface area contributed by atoms with Crippen LogP contribution < -0.4 is 11.1 Å². The van der Waals surface area contributed by atoms with Crippen LogP contribution in [-0.4, -0.2) is 16.5 Å². The lowest BCUT2D eigenvalue weighted by molar-refractivity contribution is 0.693. The van der Waals surface area contributed by atoms with E-state index < -0.39 is 0 Å². The van der Waals surface area contributed by atoms with Crippen LogP contribution in [0.1, 0.15) is 10.4 Å². The van der Waals surface area contributed by atoms with Gasteiger partial charge in [-0.15, -0.1) is 11.3 Å². The number of benzene rings is 1. The van der Waals surface area contributed by atoms with E-state index in [1.165, 1.54) is 10.4 Å². The SMILES string of the molecule is Nc1nccc(-c2ccc(CNCCc3ccc(Cl)cc3)s2)n1. The van der Waals surface area contributed by atoms with Gasteiger partial charge >= 0.3 is 0 Å². The first-order valence-corrected chi connectivity index (χ1v) is 8.53. The van der Waals surface area contributed by atoms with Gasteiger partial charge in [-0.25, -0.2) is 9.97 Å². The van der Waals surface area contributed by atoms with Crippen molar-refractivity contribution in [2.75, 3.05) is 12.3 Å². The summed E-state index contributed by atoms with van der Waals surface area (Å²) in [5, 5.41) is 4.24. The lowest BCUT2D eigenvalue weighted by Gasteiger charge is -2.03. The van der Waals surface area contributed by atoms with Gasteiger partial charge in [0.15, 0.2) is 0 Å². The van der Waals surface area contributed by atoms with E-state index in [-0.39, 0.29) is 0 Å². The van der Waals surface area contributed by atoms with Crippen LogP contribution in [0, 0.1) is 0 Å². The molecular weight excluding hydrogens is 328 g/mol. The summed E-state index contributed by atoms with van der Waals surface area (Å²) < 4.78 is 0. The Labute approximate surface area is 144 Å². The monoisotopic (exact) mass is 344 g/mol. The molecule has 6 heteroatoms. The van der Waals surface area contributed by atoms with E-state index in [9.17, 15) is 0 Å². The Hall–Kier alpha value is -1.95. The molecule has 118 valence electrons. The maximum Gasteiger partial charge on any atom is 0.220 e. The van der Waals surface area contributed by atoms with Crippen molar-refractivity contribution in [2.24, 2.45) is 0 Å². The normalized spacial score (nSPS) is 10.8. The van der Waals surface area contributed by atoms with Crippen molar-refractivity contribution in [2.45, 2.75) is 13.0 Å². The third-order valence-corrected chi connectivity index (χ3v) is 4.75. The molecule has 0 aliphatic heterocycles. The Morgan fingerprint density at radius 3 is 2.70 bits per heavy atom. The first-order valence-electron chi connectivity index (χ1n) is 7.33. The van der Waals surface area contributed by atoms with Crippen molar-refractivity contribution in [1.82, 2.24) is 15.3 Å². The van der Waals surface area contributed by atoms with Crippen LogP contribution in [-0.2, 0) is 13.0 Å². The number of hydrogen-bond acceptors (Lipinski definition) is 5. The minimum absolute atomic E-state index is 0.304. The van der Waals surface area contributed by atoms with Gasteiger partial charge < -0.3 is 11.1 Å². The summed E-state index contributed by atoms with van der Waals surface area (Å²) in [7, 11) is 0. The van der Waals surface area contributed by atoms with Crippen LogP contribution in [0.25, 0.3) is 10.6 Å². The van der Waals surface area contributed by atoms with Crippen LogP contribution in [0.5, 0.6) is 0 Å². The molecule has 23 heavy (non-hydrogen) atoms. The molecule has 2 heterocycles. The molecule has 0 radical (unpaired) electrons. The molecule has 0 fully saturated rings. The number of thiophene rings is 1. The number of nitrogens with one attached hydrogen (secondary N) is 1. The molecule has 1 aromatic carbocycles. The molecule has 0 bridgehead atoms. The molecule has 3 aromatic rings. The summed E-state index contributed by atoms with van der Waals surface area (Å²) in [5.74, 6) is 0.304. The number of anilines is 1. The van der Waals surface area contributed by atoms with Crippen molar-refractivity contribution in [3.8, 4) is 10.6 Å². The second-order valence-corrected chi connectivity index (χ2v) is 6.72. The zero-order valence-electron chi connectivity index (χ0n) is 12.5. The maximum atomic E-state index is 5.88. The molecule has 0 saturated carbocycles. The van der Waals surface area contributed by atoms with Gasteiger partial charge in [0.05, 0.1) is 10.6 Å². The Morgan fingerprint density at radius 2 is 1.91 bits per heavy atom. The van der Waals surface area contributed by atoms with Crippen LogP contribution in [0.15, 0.2) is 48.7 Å². The Balaban J connectivity index is 1.50. The van der Waals surface area contributed by atoms with Crippen LogP contribution >= 0.6 is 22.9 Å². The minimum Gasteiger partial charge on any atom is -0.368 e. The van der Waals surface area contributed by atoms with Crippen molar-refractivity contribution >= 4 is 28.9 Å². The number of halogens is 1. The molecule has 0 spiro atoms. The molecule has 0 amide bonds. The first-order chi connectivity index (χ1) is 11.2. The van der Waals surface area contributed by atoms with Crippen molar-refractivity contribution in [1.29, 1.82) is 0 Å². The molecule has 3 N–H and O–H groups in total. The van der Waals surface area contributed by atoms with E-state index in [1.807, 2.05) is 18.2 Å². The fourth-order valence-electron chi connectivity index (χ4n) is 2.22. The summed E-state index contributed by atoms with van der Waals surface area (Å²) in [6.45, 7) is 1.77. The maximum absolute atomic E-state index is 5.88. The second-order valence-electron chi connectivity index (χ2n) is 5.12. The zero-order valence-corrected chi connectivity index (χ0v) is 14.1. The van der Waals surface area contributed by atoms with E-state index in [0.717, 1.165) is 35.1 Å². The smallest absolute Gasteiger partial charge is 0.220 e. The lowest BCUT2D eigenvalue weighted by Crippen LogP contribution is -2.15. The first kappa shape index (κ1) is 15.9. The topological polar surface area (TPSA) is 63.8 Å². The highest BCUT2D eigenvalue weighted by molar-refractivity contribution is 7.15. The summed E-state index contributed by atoms with van der Waals surface area (Å²) >= 11 is 7.60. The fourth-order valence-corrected chi connectivity index (χ4v) is 3.29. The van der Waals surface area contributed by atoms with Gasteiger partial charge in [-0.1, -0.05) is 23.7 Å². The standard InChI is InChI=1S/C17H17ClN4S/c18-13-3-1-12(2-4-13)7-9-20-11-14-5-6-16(23-14)15-8-10-21-17(19)22-15/h1-6,8,10,20H,7,9,11H2,(H2,19,21,22). The lowest BCUT2D eigenvalue weighted by atomic mass is 10.1. The van der Waals surface area contributed by atoms with Crippen molar-refractivity contribution < 1.29 is 0 Å². The summed E-state index contributed by atoms with van der Waals surface area (Å²) in [6.07, 6.45) is 2.67. The molecule has 0 atom stereocenters. The fraction of sp³-hybridized carbons (Fsp3) is 0.176. The zero-order chi connectivity index (χ0) is 16.1. The van der Waals surface area contributed by atoms with Gasteiger partial charge in [0, 0.05) is 22.6 Å². The molecule has 0 aliphatic rings. The number of hydrogen-bond donors (Lipinski definition) is 2. The molecule has 0 saturated heterocycles. The Bertz CT molecular complexity index is 770. The molecule has 4 nitrogen and oxygen atoms in total. The average Bonchev–Trinajstić information content (AvgIpc) is 3.02. The van der Waals surface area contributed by atoms with E-state index >= 15 is 0 Å².